The Balaban J connectivity index is 2.13. The van der Waals surface area contributed by atoms with Crippen molar-refractivity contribution in [2.24, 2.45) is 0 Å². The van der Waals surface area contributed by atoms with E-state index in [2.05, 4.69) is 63.0 Å². The lowest BCUT2D eigenvalue weighted by Crippen LogP contribution is -2.53. The summed E-state index contributed by atoms with van der Waals surface area (Å²) >= 11 is 0. The molecule has 112 valence electrons. The first-order valence-corrected chi connectivity index (χ1v) is 7.34. The minimum atomic E-state index is 0.00132. The number of rotatable bonds is 3. The van der Waals surface area contributed by atoms with Crippen LogP contribution in [0.4, 0.5) is 5.82 Å². The van der Waals surface area contributed by atoms with E-state index in [0.717, 1.165) is 37.8 Å². The highest BCUT2D eigenvalue weighted by Gasteiger charge is 2.31. The molecule has 0 saturated carbocycles. The summed E-state index contributed by atoms with van der Waals surface area (Å²) in [5.41, 5.74) is 1.19. The number of hydrogen-bond donors (Lipinski definition) is 1. The van der Waals surface area contributed by atoms with Crippen LogP contribution >= 0.6 is 0 Å². The molecular weight excluding hydrogens is 250 g/mol. The van der Waals surface area contributed by atoms with Crippen molar-refractivity contribution in [2.75, 3.05) is 24.7 Å². The van der Waals surface area contributed by atoms with Gasteiger partial charge in [-0.2, -0.15) is 0 Å². The number of hydrogen-bond acceptors (Lipinski definition) is 4. The second kappa shape index (κ2) is 5.70. The van der Waals surface area contributed by atoms with Gasteiger partial charge in [0.1, 0.15) is 5.82 Å². The molecule has 20 heavy (non-hydrogen) atoms. The summed E-state index contributed by atoms with van der Waals surface area (Å²) in [6.45, 7) is 14.1. The summed E-state index contributed by atoms with van der Waals surface area (Å²) in [4.78, 5) is 7.15. The highest BCUT2D eigenvalue weighted by atomic mass is 16.5. The Kier molecular flexibility index (Phi) is 4.35. The first-order chi connectivity index (χ1) is 9.28. The molecule has 4 nitrogen and oxygen atoms in total. The molecule has 0 amide bonds. The van der Waals surface area contributed by atoms with Crippen LogP contribution in [0.1, 0.15) is 40.3 Å². The molecule has 1 aliphatic rings. The third kappa shape index (κ3) is 3.93. The smallest absolute Gasteiger partial charge is 0.129 e. The van der Waals surface area contributed by atoms with E-state index in [-0.39, 0.29) is 11.1 Å². The van der Waals surface area contributed by atoms with Crippen LogP contribution in [0.3, 0.4) is 0 Å². The molecule has 1 fully saturated rings. The molecule has 2 heterocycles. The SMILES string of the molecule is CC(C)(C)NCc1cccc(N2CCOCC2(C)C)n1. The van der Waals surface area contributed by atoms with Gasteiger partial charge in [-0.25, -0.2) is 4.98 Å². The second-order valence-corrected chi connectivity index (χ2v) is 7.11. The van der Waals surface area contributed by atoms with E-state index in [0.29, 0.717) is 0 Å². The Morgan fingerprint density at radius 2 is 2.10 bits per heavy atom. The van der Waals surface area contributed by atoms with E-state index in [1.807, 2.05) is 0 Å². The van der Waals surface area contributed by atoms with Crippen LogP contribution in [0, 0.1) is 0 Å². The molecule has 0 bridgehead atoms. The van der Waals surface area contributed by atoms with Crippen molar-refractivity contribution in [3.05, 3.63) is 23.9 Å². The van der Waals surface area contributed by atoms with Crippen molar-refractivity contribution in [2.45, 2.75) is 52.2 Å². The van der Waals surface area contributed by atoms with Crippen molar-refractivity contribution >= 4 is 5.82 Å². The molecule has 0 aliphatic carbocycles. The molecule has 1 aliphatic heterocycles. The molecule has 4 heteroatoms. The van der Waals surface area contributed by atoms with Crippen LogP contribution in [0.2, 0.25) is 0 Å². The van der Waals surface area contributed by atoms with Crippen molar-refractivity contribution in [1.29, 1.82) is 0 Å². The summed E-state index contributed by atoms with van der Waals surface area (Å²) in [6, 6.07) is 6.26. The lowest BCUT2D eigenvalue weighted by atomic mass is 10.0. The van der Waals surface area contributed by atoms with Crippen molar-refractivity contribution in [3.63, 3.8) is 0 Å². The average molecular weight is 277 g/mol. The van der Waals surface area contributed by atoms with Gasteiger partial charge in [-0.1, -0.05) is 6.07 Å². The number of anilines is 1. The molecule has 1 aromatic heterocycles. The van der Waals surface area contributed by atoms with E-state index >= 15 is 0 Å². The first kappa shape index (κ1) is 15.3. The third-order valence-electron chi connectivity index (χ3n) is 3.51. The van der Waals surface area contributed by atoms with Crippen molar-refractivity contribution in [3.8, 4) is 0 Å². The highest BCUT2D eigenvalue weighted by molar-refractivity contribution is 5.43. The van der Waals surface area contributed by atoms with Gasteiger partial charge in [-0.3, -0.25) is 0 Å². The molecular formula is C16H27N3O. The van der Waals surface area contributed by atoms with Crippen LogP contribution in [-0.4, -0.2) is 35.8 Å². The zero-order valence-corrected chi connectivity index (χ0v) is 13.4. The maximum Gasteiger partial charge on any atom is 0.129 e. The van der Waals surface area contributed by atoms with Crippen LogP contribution in [-0.2, 0) is 11.3 Å². The van der Waals surface area contributed by atoms with Gasteiger partial charge in [0.15, 0.2) is 0 Å². The van der Waals surface area contributed by atoms with E-state index < -0.39 is 0 Å². The quantitative estimate of drug-likeness (QED) is 0.921. The molecule has 1 aromatic rings. The summed E-state index contributed by atoms with van der Waals surface area (Å²) < 4.78 is 5.58. The highest BCUT2D eigenvalue weighted by Crippen LogP contribution is 2.25. The predicted octanol–water partition coefficient (Wildman–Crippen LogP) is 2.58. The number of nitrogens with zero attached hydrogens (tertiary/aromatic N) is 2. The topological polar surface area (TPSA) is 37.4 Å². The molecule has 0 atom stereocenters. The van der Waals surface area contributed by atoms with Crippen LogP contribution in [0.25, 0.3) is 0 Å². The maximum absolute atomic E-state index is 5.58. The molecule has 0 spiro atoms. The van der Waals surface area contributed by atoms with Gasteiger partial charge < -0.3 is 15.0 Å². The number of pyridine rings is 1. The number of nitrogens with one attached hydrogen (secondary N) is 1. The van der Waals surface area contributed by atoms with E-state index in [9.17, 15) is 0 Å². The second-order valence-electron chi connectivity index (χ2n) is 7.11. The normalized spacial score (nSPS) is 19.1. The summed E-state index contributed by atoms with van der Waals surface area (Å²) in [7, 11) is 0. The average Bonchev–Trinajstić information content (AvgIpc) is 2.35. The Morgan fingerprint density at radius 1 is 1.35 bits per heavy atom. The minimum Gasteiger partial charge on any atom is -0.377 e. The molecule has 0 unspecified atom stereocenters. The predicted molar refractivity (Wildman–Crippen MR) is 83.1 cm³/mol. The number of aromatic nitrogens is 1. The Morgan fingerprint density at radius 3 is 2.75 bits per heavy atom. The Hall–Kier alpha value is -1.13. The molecule has 1 saturated heterocycles. The van der Waals surface area contributed by atoms with Gasteiger partial charge in [-0.15, -0.1) is 0 Å². The zero-order valence-electron chi connectivity index (χ0n) is 13.4. The van der Waals surface area contributed by atoms with Crippen molar-refractivity contribution < 1.29 is 4.74 Å². The van der Waals surface area contributed by atoms with Gasteiger partial charge in [0.25, 0.3) is 0 Å². The summed E-state index contributed by atoms with van der Waals surface area (Å²) in [5, 5.41) is 3.48. The maximum atomic E-state index is 5.58. The summed E-state index contributed by atoms with van der Waals surface area (Å²) in [6.07, 6.45) is 0. The fourth-order valence-corrected chi connectivity index (χ4v) is 2.35. The standard InChI is InChI=1S/C16H27N3O/c1-15(2,3)17-11-13-7-6-8-14(18-13)19-9-10-20-12-16(19,4)5/h6-8,17H,9-12H2,1-5H3. The number of morpholine rings is 1. The van der Waals surface area contributed by atoms with Crippen LogP contribution in [0.5, 0.6) is 0 Å². The van der Waals surface area contributed by atoms with Gasteiger partial charge in [0, 0.05) is 18.6 Å². The van der Waals surface area contributed by atoms with Gasteiger partial charge in [0.05, 0.1) is 24.4 Å². The Labute approximate surface area is 122 Å². The van der Waals surface area contributed by atoms with E-state index in [1.165, 1.54) is 0 Å². The molecule has 0 aromatic carbocycles. The lowest BCUT2D eigenvalue weighted by Gasteiger charge is -2.43. The van der Waals surface area contributed by atoms with E-state index in [4.69, 9.17) is 9.72 Å². The Bertz CT molecular complexity index is 451. The molecule has 0 radical (unpaired) electrons. The zero-order chi connectivity index (χ0) is 14.8. The van der Waals surface area contributed by atoms with Gasteiger partial charge in [0.2, 0.25) is 0 Å². The first-order valence-electron chi connectivity index (χ1n) is 7.34. The largest absolute Gasteiger partial charge is 0.377 e. The van der Waals surface area contributed by atoms with Gasteiger partial charge >= 0.3 is 0 Å². The minimum absolute atomic E-state index is 0.00132. The summed E-state index contributed by atoms with van der Waals surface area (Å²) in [5.74, 6) is 1.05. The lowest BCUT2D eigenvalue weighted by molar-refractivity contribution is 0.0639. The van der Waals surface area contributed by atoms with Crippen molar-refractivity contribution in [1.82, 2.24) is 10.3 Å². The fraction of sp³-hybridized carbons (Fsp3) is 0.688. The van der Waals surface area contributed by atoms with E-state index in [1.54, 1.807) is 0 Å². The van der Waals surface area contributed by atoms with Crippen LogP contribution < -0.4 is 10.2 Å². The van der Waals surface area contributed by atoms with Gasteiger partial charge in [-0.05, 0) is 46.8 Å². The monoisotopic (exact) mass is 277 g/mol. The molecule has 1 N–H and O–H groups in total. The fourth-order valence-electron chi connectivity index (χ4n) is 2.35. The number of ether oxygens (including phenoxy) is 1. The van der Waals surface area contributed by atoms with Crippen LogP contribution in [0.15, 0.2) is 18.2 Å². The third-order valence-corrected chi connectivity index (χ3v) is 3.51. The molecule has 2 rings (SSSR count).